The van der Waals surface area contributed by atoms with Crippen molar-refractivity contribution in [1.82, 2.24) is 4.90 Å². The molecule has 1 fully saturated rings. The van der Waals surface area contributed by atoms with Crippen LogP contribution in [0.2, 0.25) is 0 Å². The lowest BCUT2D eigenvalue weighted by atomic mass is 10.1. The molecule has 1 aliphatic heterocycles. The van der Waals surface area contributed by atoms with Crippen LogP contribution >= 0.6 is 11.8 Å². The third kappa shape index (κ3) is 4.46. The molecule has 3 aromatic rings. The number of carbonyl (C=O) groups is 1. The number of thioether (sulfide) groups is 1. The zero-order valence-corrected chi connectivity index (χ0v) is 17.0. The van der Waals surface area contributed by atoms with Crippen LogP contribution in [0.1, 0.15) is 26.9 Å². The summed E-state index contributed by atoms with van der Waals surface area (Å²) in [4.78, 5) is 25.1. The van der Waals surface area contributed by atoms with Gasteiger partial charge < -0.3 is 9.64 Å². The van der Waals surface area contributed by atoms with Crippen molar-refractivity contribution < 1.29 is 14.5 Å². The van der Waals surface area contributed by atoms with E-state index in [0.717, 1.165) is 22.6 Å². The monoisotopic (exact) mass is 420 g/mol. The maximum absolute atomic E-state index is 13.0. The minimum absolute atomic E-state index is 0.0232. The molecule has 1 heterocycles. The van der Waals surface area contributed by atoms with Crippen molar-refractivity contribution in [3.63, 3.8) is 0 Å². The number of nitrogens with zero attached hydrogens (tertiary/aromatic N) is 2. The van der Waals surface area contributed by atoms with Gasteiger partial charge in [0.05, 0.1) is 4.92 Å². The molecule has 1 atom stereocenters. The molecule has 1 saturated heterocycles. The van der Waals surface area contributed by atoms with E-state index in [0.29, 0.717) is 18.7 Å². The van der Waals surface area contributed by atoms with Gasteiger partial charge in [-0.25, -0.2) is 0 Å². The molecule has 152 valence electrons. The van der Waals surface area contributed by atoms with Crippen molar-refractivity contribution in [2.24, 2.45) is 0 Å². The Balaban J connectivity index is 1.43. The van der Waals surface area contributed by atoms with Crippen LogP contribution in [0.5, 0.6) is 5.75 Å². The second-order valence-electron chi connectivity index (χ2n) is 6.87. The van der Waals surface area contributed by atoms with Crippen molar-refractivity contribution in [3.8, 4) is 5.75 Å². The van der Waals surface area contributed by atoms with Gasteiger partial charge in [-0.2, -0.15) is 0 Å². The average Bonchev–Trinajstić information content (AvgIpc) is 3.28. The van der Waals surface area contributed by atoms with Gasteiger partial charge in [0.25, 0.3) is 11.6 Å². The molecule has 7 heteroatoms. The molecule has 0 aliphatic carbocycles. The summed E-state index contributed by atoms with van der Waals surface area (Å²) >= 11 is 1.71. The highest BCUT2D eigenvalue weighted by Crippen LogP contribution is 2.39. The summed E-state index contributed by atoms with van der Waals surface area (Å²) in [5.41, 5.74) is 2.56. The van der Waals surface area contributed by atoms with Crippen LogP contribution in [0.15, 0.2) is 78.9 Å². The summed E-state index contributed by atoms with van der Waals surface area (Å²) in [7, 11) is 0. The van der Waals surface area contributed by atoms with Gasteiger partial charge in [0.1, 0.15) is 17.7 Å². The predicted molar refractivity (Wildman–Crippen MR) is 117 cm³/mol. The first-order valence-corrected chi connectivity index (χ1v) is 10.6. The fraction of sp³-hybridized carbons (Fsp3) is 0.174. The second-order valence-corrected chi connectivity index (χ2v) is 8.06. The number of benzene rings is 3. The van der Waals surface area contributed by atoms with E-state index in [-0.39, 0.29) is 17.0 Å². The Bertz CT molecular complexity index is 1020. The van der Waals surface area contributed by atoms with E-state index in [4.69, 9.17) is 4.74 Å². The van der Waals surface area contributed by atoms with Crippen LogP contribution in [0.4, 0.5) is 5.69 Å². The molecule has 4 rings (SSSR count). The van der Waals surface area contributed by atoms with Gasteiger partial charge in [0.15, 0.2) is 0 Å². The SMILES string of the molecule is O=C(c1ccc([N+](=O)[O-])cc1)N1CCS[C@@H]1c1ccc(OCc2ccccc2)cc1. The van der Waals surface area contributed by atoms with E-state index < -0.39 is 4.92 Å². The Morgan fingerprint density at radius 1 is 1.03 bits per heavy atom. The van der Waals surface area contributed by atoms with E-state index in [1.165, 1.54) is 24.3 Å². The van der Waals surface area contributed by atoms with Gasteiger partial charge in [-0.1, -0.05) is 42.5 Å². The molecule has 0 saturated carbocycles. The lowest BCUT2D eigenvalue weighted by Gasteiger charge is -2.24. The van der Waals surface area contributed by atoms with Crippen LogP contribution in [-0.2, 0) is 6.61 Å². The minimum atomic E-state index is -0.468. The van der Waals surface area contributed by atoms with Crippen molar-refractivity contribution in [3.05, 3.63) is 106 Å². The molecular weight excluding hydrogens is 400 g/mol. The maximum atomic E-state index is 13.0. The smallest absolute Gasteiger partial charge is 0.269 e. The summed E-state index contributed by atoms with van der Waals surface area (Å²) in [6, 6.07) is 23.6. The number of non-ortho nitro benzene ring substituents is 1. The Morgan fingerprint density at radius 2 is 1.73 bits per heavy atom. The second kappa shape index (κ2) is 9.00. The van der Waals surface area contributed by atoms with Crippen LogP contribution < -0.4 is 4.74 Å². The summed E-state index contributed by atoms with van der Waals surface area (Å²) in [6.45, 7) is 1.14. The third-order valence-electron chi connectivity index (χ3n) is 4.89. The first kappa shape index (κ1) is 20.0. The van der Waals surface area contributed by atoms with Crippen molar-refractivity contribution >= 4 is 23.4 Å². The largest absolute Gasteiger partial charge is 0.489 e. The van der Waals surface area contributed by atoms with E-state index in [1.54, 1.807) is 11.8 Å². The predicted octanol–water partition coefficient (Wildman–Crippen LogP) is 5.06. The molecule has 30 heavy (non-hydrogen) atoms. The molecule has 1 amide bonds. The summed E-state index contributed by atoms with van der Waals surface area (Å²) in [5, 5.41) is 10.7. The Morgan fingerprint density at radius 3 is 2.40 bits per heavy atom. The van der Waals surface area contributed by atoms with Crippen LogP contribution in [-0.4, -0.2) is 28.0 Å². The molecule has 0 bridgehead atoms. The first-order chi connectivity index (χ1) is 14.6. The molecule has 0 N–H and O–H groups in total. The Labute approximate surface area is 178 Å². The van der Waals surface area contributed by atoms with Crippen LogP contribution in [0, 0.1) is 10.1 Å². The number of nitro benzene ring substituents is 1. The number of carbonyl (C=O) groups excluding carboxylic acids is 1. The standard InChI is InChI=1S/C23H20N2O4S/c26-22(18-6-10-20(11-7-18)25(27)28)24-14-15-30-23(24)19-8-12-21(13-9-19)29-16-17-4-2-1-3-5-17/h1-13,23H,14-16H2/t23-/m1/s1. The highest BCUT2D eigenvalue weighted by atomic mass is 32.2. The van der Waals surface area contributed by atoms with E-state index in [1.807, 2.05) is 59.5 Å². The number of ether oxygens (including phenoxy) is 1. The van der Waals surface area contributed by atoms with Gasteiger partial charge in [0, 0.05) is 30.0 Å². The van der Waals surface area contributed by atoms with Crippen molar-refractivity contribution in [1.29, 1.82) is 0 Å². The molecule has 1 aliphatic rings. The lowest BCUT2D eigenvalue weighted by Crippen LogP contribution is -2.30. The van der Waals surface area contributed by atoms with Gasteiger partial charge in [-0.15, -0.1) is 11.8 Å². The number of hydrogen-bond acceptors (Lipinski definition) is 5. The van der Waals surface area contributed by atoms with Gasteiger partial charge in [0.2, 0.25) is 0 Å². The van der Waals surface area contributed by atoms with E-state index in [2.05, 4.69) is 0 Å². The van der Waals surface area contributed by atoms with Crippen LogP contribution in [0.25, 0.3) is 0 Å². The molecule has 0 aromatic heterocycles. The third-order valence-corrected chi connectivity index (χ3v) is 6.15. The van der Waals surface area contributed by atoms with Crippen molar-refractivity contribution in [2.45, 2.75) is 12.0 Å². The summed E-state index contributed by atoms with van der Waals surface area (Å²) in [5.74, 6) is 1.50. The number of rotatable bonds is 6. The highest BCUT2D eigenvalue weighted by Gasteiger charge is 2.31. The number of amides is 1. The molecule has 0 spiro atoms. The summed E-state index contributed by atoms with van der Waals surface area (Å²) in [6.07, 6.45) is 0. The van der Waals surface area contributed by atoms with E-state index in [9.17, 15) is 14.9 Å². The Kier molecular flexibility index (Phi) is 5.99. The van der Waals surface area contributed by atoms with Gasteiger partial charge in [-0.05, 0) is 35.4 Å². The lowest BCUT2D eigenvalue weighted by molar-refractivity contribution is -0.384. The molecular formula is C23H20N2O4S. The van der Waals surface area contributed by atoms with Crippen LogP contribution in [0.3, 0.4) is 0 Å². The quantitative estimate of drug-likeness (QED) is 0.412. The van der Waals surface area contributed by atoms with Gasteiger partial charge in [-0.3, -0.25) is 14.9 Å². The van der Waals surface area contributed by atoms with Gasteiger partial charge >= 0.3 is 0 Å². The first-order valence-electron chi connectivity index (χ1n) is 9.55. The molecule has 0 radical (unpaired) electrons. The topological polar surface area (TPSA) is 72.7 Å². The maximum Gasteiger partial charge on any atom is 0.269 e. The molecule has 3 aromatic carbocycles. The summed E-state index contributed by atoms with van der Waals surface area (Å²) < 4.78 is 5.84. The highest BCUT2D eigenvalue weighted by molar-refractivity contribution is 7.99. The molecule has 0 unspecified atom stereocenters. The zero-order chi connectivity index (χ0) is 20.9. The van der Waals surface area contributed by atoms with E-state index >= 15 is 0 Å². The fourth-order valence-electron chi connectivity index (χ4n) is 3.32. The zero-order valence-electron chi connectivity index (χ0n) is 16.1. The minimum Gasteiger partial charge on any atom is -0.489 e. The fourth-order valence-corrected chi connectivity index (χ4v) is 4.57. The average molecular weight is 420 g/mol. The Hall–Kier alpha value is -3.32. The molecule has 6 nitrogen and oxygen atoms in total. The number of hydrogen-bond donors (Lipinski definition) is 0. The normalized spacial score (nSPS) is 15.7. The number of nitro groups is 1. The van der Waals surface area contributed by atoms with Crippen molar-refractivity contribution in [2.75, 3.05) is 12.3 Å².